The van der Waals surface area contributed by atoms with Crippen molar-refractivity contribution in [1.29, 1.82) is 0 Å². The highest BCUT2D eigenvalue weighted by Gasteiger charge is 2.12. The average molecular weight is 302 g/mol. The zero-order valence-corrected chi connectivity index (χ0v) is 11.3. The van der Waals surface area contributed by atoms with Crippen LogP contribution in [-0.4, -0.2) is 4.21 Å². The van der Waals surface area contributed by atoms with E-state index in [4.69, 9.17) is 17.3 Å². The van der Waals surface area contributed by atoms with E-state index in [9.17, 15) is 13.0 Å². The molecule has 0 aliphatic heterocycles. The van der Waals surface area contributed by atoms with E-state index in [2.05, 4.69) is 0 Å². The maximum absolute atomic E-state index is 13.7. The number of rotatable bonds is 3. The molecule has 2 rings (SSSR count). The molecule has 0 aliphatic carbocycles. The van der Waals surface area contributed by atoms with Crippen molar-refractivity contribution in [3.05, 3.63) is 58.6 Å². The molecule has 0 aliphatic rings. The van der Waals surface area contributed by atoms with Crippen LogP contribution in [0, 0.1) is 11.6 Å². The number of hydrogen-bond acceptors (Lipinski definition) is 2. The standard InChI is InChI=1S/C13H10ClF2NOS/c14-10-6-9(4-5-11(10)15)19(18)7-8-2-1-3-12(17)13(8)16/h1-6H,7,17H2. The van der Waals surface area contributed by atoms with E-state index in [1.165, 1.54) is 24.3 Å². The lowest BCUT2D eigenvalue weighted by molar-refractivity contribution is 0.619. The second kappa shape index (κ2) is 5.67. The molecule has 0 saturated carbocycles. The van der Waals surface area contributed by atoms with Gasteiger partial charge in [-0.2, -0.15) is 0 Å². The predicted octanol–water partition coefficient (Wildman–Crippen LogP) is 3.51. The Bertz CT molecular complexity index is 649. The molecule has 0 bridgehead atoms. The van der Waals surface area contributed by atoms with Gasteiger partial charge < -0.3 is 5.73 Å². The second-order valence-electron chi connectivity index (χ2n) is 3.89. The molecule has 2 aromatic carbocycles. The minimum atomic E-state index is -1.52. The zero-order chi connectivity index (χ0) is 14.0. The van der Waals surface area contributed by atoms with Gasteiger partial charge in [-0.25, -0.2) is 8.78 Å². The molecule has 0 heterocycles. The fourth-order valence-electron chi connectivity index (χ4n) is 1.55. The van der Waals surface area contributed by atoms with Crippen LogP contribution < -0.4 is 5.73 Å². The third kappa shape index (κ3) is 3.11. The molecule has 0 spiro atoms. The molecule has 0 saturated heterocycles. The van der Waals surface area contributed by atoms with E-state index < -0.39 is 22.4 Å². The van der Waals surface area contributed by atoms with Crippen LogP contribution in [0.5, 0.6) is 0 Å². The highest BCUT2D eigenvalue weighted by Crippen LogP contribution is 2.22. The molecule has 19 heavy (non-hydrogen) atoms. The van der Waals surface area contributed by atoms with E-state index >= 15 is 0 Å². The molecular formula is C13H10ClF2NOS. The van der Waals surface area contributed by atoms with Crippen LogP contribution in [-0.2, 0) is 16.6 Å². The summed E-state index contributed by atoms with van der Waals surface area (Å²) in [5, 5.41) is -0.112. The molecule has 2 N–H and O–H groups in total. The molecule has 1 unspecified atom stereocenters. The zero-order valence-electron chi connectivity index (χ0n) is 9.70. The van der Waals surface area contributed by atoms with Crippen molar-refractivity contribution in [3.8, 4) is 0 Å². The highest BCUT2D eigenvalue weighted by atomic mass is 35.5. The number of anilines is 1. The number of nitrogen functional groups attached to an aromatic ring is 1. The maximum atomic E-state index is 13.7. The molecule has 0 amide bonds. The smallest absolute Gasteiger partial charge is 0.150 e. The lowest BCUT2D eigenvalue weighted by Crippen LogP contribution is -2.02. The van der Waals surface area contributed by atoms with Gasteiger partial charge in [0.05, 0.1) is 27.3 Å². The summed E-state index contributed by atoms with van der Waals surface area (Å²) in [7, 11) is -1.52. The minimum absolute atomic E-state index is 0.00615. The summed E-state index contributed by atoms with van der Waals surface area (Å²) < 4.78 is 38.7. The van der Waals surface area contributed by atoms with E-state index in [1.807, 2.05) is 0 Å². The monoisotopic (exact) mass is 301 g/mol. The van der Waals surface area contributed by atoms with E-state index in [0.717, 1.165) is 6.07 Å². The molecule has 2 aromatic rings. The van der Waals surface area contributed by atoms with Gasteiger partial charge in [0.25, 0.3) is 0 Å². The fraction of sp³-hybridized carbons (Fsp3) is 0.0769. The van der Waals surface area contributed by atoms with Crippen molar-refractivity contribution < 1.29 is 13.0 Å². The van der Waals surface area contributed by atoms with E-state index in [-0.39, 0.29) is 22.0 Å². The largest absolute Gasteiger partial charge is 0.396 e. The van der Waals surface area contributed by atoms with Crippen molar-refractivity contribution in [2.45, 2.75) is 10.6 Å². The van der Waals surface area contributed by atoms with Crippen LogP contribution in [0.2, 0.25) is 5.02 Å². The summed E-state index contributed by atoms with van der Waals surface area (Å²) >= 11 is 5.61. The first kappa shape index (κ1) is 14.0. The highest BCUT2D eigenvalue weighted by molar-refractivity contribution is 7.84. The van der Waals surface area contributed by atoms with Gasteiger partial charge in [-0.1, -0.05) is 23.7 Å². The lowest BCUT2D eigenvalue weighted by Gasteiger charge is -2.06. The van der Waals surface area contributed by atoms with Gasteiger partial charge in [0.1, 0.15) is 11.6 Å². The molecule has 100 valence electrons. The first-order chi connectivity index (χ1) is 8.99. The van der Waals surface area contributed by atoms with Gasteiger partial charge in [0.2, 0.25) is 0 Å². The molecule has 6 heteroatoms. The van der Waals surface area contributed by atoms with Gasteiger partial charge in [-0.05, 0) is 24.3 Å². The lowest BCUT2D eigenvalue weighted by atomic mass is 10.2. The van der Waals surface area contributed by atoms with Gasteiger partial charge in [0.15, 0.2) is 0 Å². The summed E-state index contributed by atoms with van der Waals surface area (Å²) in [5.41, 5.74) is 5.69. The van der Waals surface area contributed by atoms with Crippen LogP contribution in [0.4, 0.5) is 14.5 Å². The number of halogens is 3. The summed E-state index contributed by atoms with van der Waals surface area (Å²) in [6, 6.07) is 8.29. The number of nitrogens with two attached hydrogens (primary N) is 1. The van der Waals surface area contributed by atoms with Crippen molar-refractivity contribution in [1.82, 2.24) is 0 Å². The van der Waals surface area contributed by atoms with Crippen LogP contribution in [0.25, 0.3) is 0 Å². The van der Waals surface area contributed by atoms with Crippen LogP contribution >= 0.6 is 11.6 Å². The Morgan fingerprint density at radius 2 is 1.95 bits per heavy atom. The van der Waals surface area contributed by atoms with Gasteiger partial charge in [0, 0.05) is 10.5 Å². The fourth-order valence-corrected chi connectivity index (χ4v) is 2.94. The Kier molecular flexibility index (Phi) is 4.17. The Hall–Kier alpha value is -1.46. The number of hydrogen-bond donors (Lipinski definition) is 1. The second-order valence-corrected chi connectivity index (χ2v) is 5.74. The molecular weight excluding hydrogens is 292 g/mol. The molecule has 0 aromatic heterocycles. The predicted molar refractivity (Wildman–Crippen MR) is 72.3 cm³/mol. The topological polar surface area (TPSA) is 43.1 Å². The minimum Gasteiger partial charge on any atom is -0.396 e. The Morgan fingerprint density at radius 1 is 1.21 bits per heavy atom. The SMILES string of the molecule is Nc1cccc(CS(=O)c2ccc(F)c(Cl)c2)c1F. The summed E-state index contributed by atoms with van der Waals surface area (Å²) in [6.07, 6.45) is 0. The molecule has 1 atom stereocenters. The quantitative estimate of drug-likeness (QED) is 0.882. The molecule has 2 nitrogen and oxygen atoms in total. The summed E-state index contributed by atoms with van der Waals surface area (Å²) in [5.74, 6) is -1.21. The van der Waals surface area contributed by atoms with Crippen molar-refractivity contribution in [3.63, 3.8) is 0 Å². The van der Waals surface area contributed by atoms with E-state index in [1.54, 1.807) is 6.07 Å². The number of benzene rings is 2. The Balaban J connectivity index is 2.26. The third-order valence-corrected chi connectivity index (χ3v) is 4.19. The normalized spacial score (nSPS) is 12.4. The van der Waals surface area contributed by atoms with Gasteiger partial charge in [-0.3, -0.25) is 4.21 Å². The van der Waals surface area contributed by atoms with Gasteiger partial charge >= 0.3 is 0 Å². The first-order valence-corrected chi connectivity index (χ1v) is 7.05. The van der Waals surface area contributed by atoms with Crippen LogP contribution in [0.3, 0.4) is 0 Å². The van der Waals surface area contributed by atoms with Crippen LogP contribution in [0.15, 0.2) is 41.3 Å². The first-order valence-electron chi connectivity index (χ1n) is 5.35. The van der Waals surface area contributed by atoms with Gasteiger partial charge in [-0.15, -0.1) is 0 Å². The van der Waals surface area contributed by atoms with E-state index in [0.29, 0.717) is 4.90 Å². The molecule has 0 fully saturated rings. The van der Waals surface area contributed by atoms with Crippen molar-refractivity contribution >= 4 is 28.1 Å². The van der Waals surface area contributed by atoms with Crippen LogP contribution in [0.1, 0.15) is 5.56 Å². The summed E-state index contributed by atoms with van der Waals surface area (Å²) in [6.45, 7) is 0. The Labute approximate surface area is 116 Å². The van der Waals surface area contributed by atoms with Crippen molar-refractivity contribution in [2.75, 3.05) is 5.73 Å². The molecule has 0 radical (unpaired) electrons. The maximum Gasteiger partial charge on any atom is 0.150 e. The average Bonchev–Trinajstić information content (AvgIpc) is 2.38. The third-order valence-electron chi connectivity index (χ3n) is 2.55. The summed E-state index contributed by atoms with van der Waals surface area (Å²) in [4.78, 5) is 0.341. The van der Waals surface area contributed by atoms with Crippen molar-refractivity contribution in [2.24, 2.45) is 0 Å². The Morgan fingerprint density at radius 3 is 2.63 bits per heavy atom.